The number of ether oxygens (including phenoxy) is 2. The van der Waals surface area contributed by atoms with Crippen LogP contribution in [0.5, 0.6) is 0 Å². The molecular formula is C17H21N3O6. The third-order valence-electron chi connectivity index (χ3n) is 4.59. The minimum Gasteiger partial charge on any atom is -0.454 e. The first-order valence-corrected chi connectivity index (χ1v) is 8.60. The van der Waals surface area contributed by atoms with Crippen molar-refractivity contribution in [2.45, 2.75) is 18.9 Å². The van der Waals surface area contributed by atoms with Crippen molar-refractivity contribution in [2.24, 2.45) is 0 Å². The molecule has 9 heteroatoms. The van der Waals surface area contributed by atoms with Crippen LogP contribution in [-0.2, 0) is 19.1 Å². The van der Waals surface area contributed by atoms with Gasteiger partial charge in [-0.05, 0) is 25.0 Å². The van der Waals surface area contributed by atoms with Gasteiger partial charge in [0.1, 0.15) is 0 Å². The third kappa shape index (κ3) is 4.29. The van der Waals surface area contributed by atoms with E-state index in [1.165, 1.54) is 12.1 Å². The van der Waals surface area contributed by atoms with Crippen LogP contribution in [0.4, 0.5) is 11.4 Å². The van der Waals surface area contributed by atoms with Crippen LogP contribution >= 0.6 is 0 Å². The molecule has 2 fully saturated rings. The molecule has 2 heterocycles. The van der Waals surface area contributed by atoms with Crippen molar-refractivity contribution < 1.29 is 24.0 Å². The molecule has 2 aliphatic rings. The Morgan fingerprint density at radius 1 is 1.19 bits per heavy atom. The van der Waals surface area contributed by atoms with Gasteiger partial charge in [-0.25, -0.2) is 4.79 Å². The lowest BCUT2D eigenvalue weighted by Crippen LogP contribution is -2.50. The summed E-state index contributed by atoms with van der Waals surface area (Å²) in [7, 11) is 0. The predicted octanol–water partition coefficient (Wildman–Crippen LogP) is 0.966. The molecule has 0 aromatic heterocycles. The Hall–Kier alpha value is -2.68. The van der Waals surface area contributed by atoms with Gasteiger partial charge in [-0.2, -0.15) is 0 Å². The second kappa shape index (κ2) is 8.13. The number of carbonyl (C=O) groups excluding carboxylic acids is 2. The van der Waals surface area contributed by atoms with E-state index in [4.69, 9.17) is 9.47 Å². The Labute approximate surface area is 150 Å². The van der Waals surface area contributed by atoms with E-state index in [0.29, 0.717) is 39.2 Å². The molecule has 2 saturated heterocycles. The second-order valence-corrected chi connectivity index (χ2v) is 6.25. The van der Waals surface area contributed by atoms with Crippen molar-refractivity contribution in [1.82, 2.24) is 4.90 Å². The van der Waals surface area contributed by atoms with Gasteiger partial charge in [-0.15, -0.1) is 0 Å². The molecule has 2 aliphatic heterocycles. The van der Waals surface area contributed by atoms with Gasteiger partial charge in [0.25, 0.3) is 11.6 Å². The normalized spacial score (nSPS) is 20.1. The Morgan fingerprint density at radius 3 is 2.46 bits per heavy atom. The smallest absolute Gasteiger partial charge is 0.335 e. The number of esters is 1. The highest BCUT2D eigenvalue weighted by atomic mass is 16.6. The summed E-state index contributed by atoms with van der Waals surface area (Å²) in [5.74, 6) is -0.694. The minimum absolute atomic E-state index is 0.0515. The quantitative estimate of drug-likeness (QED) is 0.436. The largest absolute Gasteiger partial charge is 0.454 e. The molecule has 0 bridgehead atoms. The maximum Gasteiger partial charge on any atom is 0.335 e. The lowest BCUT2D eigenvalue weighted by molar-refractivity contribution is -0.384. The predicted molar refractivity (Wildman–Crippen MR) is 91.8 cm³/mol. The van der Waals surface area contributed by atoms with E-state index in [2.05, 4.69) is 4.90 Å². The number of nitro benzene ring substituents is 1. The van der Waals surface area contributed by atoms with Crippen molar-refractivity contribution in [3.05, 3.63) is 34.4 Å². The first-order valence-electron chi connectivity index (χ1n) is 8.60. The standard InChI is InChI=1S/C17H21N3O6/c21-16(12-26-17(22)15-2-1-11-25-15)19-9-7-18(8-10-19)13-3-5-14(6-4-13)20(23)24/h3-6,15H,1-2,7-12H2/t15-/m1/s1. The lowest BCUT2D eigenvalue weighted by atomic mass is 10.2. The number of anilines is 1. The van der Waals surface area contributed by atoms with Crippen molar-refractivity contribution in [3.8, 4) is 0 Å². The molecule has 1 aromatic carbocycles. The summed E-state index contributed by atoms with van der Waals surface area (Å²) in [5, 5.41) is 10.7. The molecule has 26 heavy (non-hydrogen) atoms. The van der Waals surface area contributed by atoms with Crippen LogP contribution < -0.4 is 4.90 Å². The minimum atomic E-state index is -0.540. The van der Waals surface area contributed by atoms with Crippen LogP contribution in [0.1, 0.15) is 12.8 Å². The van der Waals surface area contributed by atoms with E-state index in [9.17, 15) is 19.7 Å². The van der Waals surface area contributed by atoms with Crippen LogP contribution in [0.3, 0.4) is 0 Å². The van der Waals surface area contributed by atoms with Gasteiger partial charge < -0.3 is 19.3 Å². The van der Waals surface area contributed by atoms with E-state index < -0.39 is 17.0 Å². The summed E-state index contributed by atoms with van der Waals surface area (Å²) in [6, 6.07) is 6.35. The van der Waals surface area contributed by atoms with Crippen LogP contribution in [0.2, 0.25) is 0 Å². The molecular weight excluding hydrogens is 342 g/mol. The molecule has 0 saturated carbocycles. The van der Waals surface area contributed by atoms with Gasteiger partial charge in [0, 0.05) is 50.6 Å². The molecule has 9 nitrogen and oxygen atoms in total. The number of hydrogen-bond donors (Lipinski definition) is 0. The molecule has 0 N–H and O–H groups in total. The molecule has 0 spiro atoms. The van der Waals surface area contributed by atoms with Gasteiger partial charge in [0.15, 0.2) is 12.7 Å². The number of piperazine rings is 1. The first kappa shape index (κ1) is 18.1. The fourth-order valence-electron chi connectivity index (χ4n) is 3.08. The van der Waals surface area contributed by atoms with Gasteiger partial charge in [0.2, 0.25) is 0 Å². The number of carbonyl (C=O) groups is 2. The third-order valence-corrected chi connectivity index (χ3v) is 4.59. The van der Waals surface area contributed by atoms with Gasteiger partial charge in [-0.3, -0.25) is 14.9 Å². The highest BCUT2D eigenvalue weighted by Crippen LogP contribution is 2.20. The highest BCUT2D eigenvalue weighted by molar-refractivity contribution is 5.82. The van der Waals surface area contributed by atoms with E-state index in [1.54, 1.807) is 17.0 Å². The molecule has 1 atom stereocenters. The number of non-ortho nitro benzene ring substituents is 1. The van der Waals surface area contributed by atoms with Crippen molar-refractivity contribution in [1.29, 1.82) is 0 Å². The van der Waals surface area contributed by atoms with Crippen molar-refractivity contribution in [3.63, 3.8) is 0 Å². The molecule has 140 valence electrons. The molecule has 1 aromatic rings. The zero-order valence-corrected chi connectivity index (χ0v) is 14.3. The van der Waals surface area contributed by atoms with E-state index in [-0.39, 0.29) is 18.2 Å². The lowest BCUT2D eigenvalue weighted by Gasteiger charge is -2.36. The summed E-state index contributed by atoms with van der Waals surface area (Å²) in [6.45, 7) is 2.53. The highest BCUT2D eigenvalue weighted by Gasteiger charge is 2.27. The molecule has 3 rings (SSSR count). The van der Waals surface area contributed by atoms with E-state index in [0.717, 1.165) is 12.1 Å². The number of rotatable bonds is 5. The number of benzene rings is 1. The molecule has 1 amide bonds. The fourth-order valence-corrected chi connectivity index (χ4v) is 3.08. The SMILES string of the molecule is O=C(OCC(=O)N1CCN(c2ccc([N+](=O)[O-])cc2)CC1)[C@H]1CCCO1. The summed E-state index contributed by atoms with van der Waals surface area (Å²) < 4.78 is 10.3. The van der Waals surface area contributed by atoms with Crippen LogP contribution in [0.15, 0.2) is 24.3 Å². The Balaban J connectivity index is 1.44. The fraction of sp³-hybridized carbons (Fsp3) is 0.529. The van der Waals surface area contributed by atoms with E-state index in [1.807, 2.05) is 0 Å². The average molecular weight is 363 g/mol. The maximum absolute atomic E-state index is 12.2. The number of nitro groups is 1. The molecule has 0 radical (unpaired) electrons. The molecule has 0 aliphatic carbocycles. The van der Waals surface area contributed by atoms with Crippen LogP contribution in [0, 0.1) is 10.1 Å². The van der Waals surface area contributed by atoms with Gasteiger partial charge in [0.05, 0.1) is 4.92 Å². The van der Waals surface area contributed by atoms with Crippen LogP contribution in [0.25, 0.3) is 0 Å². The Bertz CT molecular complexity index is 664. The van der Waals surface area contributed by atoms with Gasteiger partial charge in [-0.1, -0.05) is 0 Å². The summed E-state index contributed by atoms with van der Waals surface area (Å²) in [5.41, 5.74) is 0.933. The summed E-state index contributed by atoms with van der Waals surface area (Å²) in [6.07, 6.45) is 0.931. The zero-order chi connectivity index (χ0) is 18.5. The Morgan fingerprint density at radius 2 is 1.88 bits per heavy atom. The maximum atomic E-state index is 12.2. The zero-order valence-electron chi connectivity index (χ0n) is 14.3. The summed E-state index contributed by atoms with van der Waals surface area (Å²) >= 11 is 0. The monoisotopic (exact) mass is 363 g/mol. The molecule has 0 unspecified atom stereocenters. The number of hydrogen-bond acceptors (Lipinski definition) is 7. The average Bonchev–Trinajstić information content (AvgIpc) is 3.21. The second-order valence-electron chi connectivity index (χ2n) is 6.25. The van der Waals surface area contributed by atoms with Gasteiger partial charge >= 0.3 is 5.97 Å². The van der Waals surface area contributed by atoms with Crippen LogP contribution in [-0.4, -0.2) is 67.2 Å². The Kier molecular flexibility index (Phi) is 5.67. The number of nitrogens with zero attached hydrogens (tertiary/aromatic N) is 3. The number of amides is 1. The first-order chi connectivity index (χ1) is 12.5. The summed E-state index contributed by atoms with van der Waals surface area (Å²) in [4.78, 5) is 38.0. The van der Waals surface area contributed by atoms with Crippen molar-refractivity contribution in [2.75, 3.05) is 44.3 Å². The van der Waals surface area contributed by atoms with E-state index >= 15 is 0 Å². The topological polar surface area (TPSA) is 102 Å². The van der Waals surface area contributed by atoms with Crippen molar-refractivity contribution >= 4 is 23.3 Å².